The fourth-order valence-corrected chi connectivity index (χ4v) is 1.57. The molecule has 0 spiro atoms. The lowest BCUT2D eigenvalue weighted by Crippen LogP contribution is -1.88. The molecule has 2 aromatic rings. The van der Waals surface area contributed by atoms with E-state index in [1.54, 1.807) is 0 Å². The van der Waals surface area contributed by atoms with Gasteiger partial charge >= 0.3 is 0 Å². The molecule has 0 aliphatic heterocycles. The highest BCUT2D eigenvalue weighted by molar-refractivity contribution is 9.10. The summed E-state index contributed by atoms with van der Waals surface area (Å²) in [7, 11) is 0. The quantitative estimate of drug-likeness (QED) is 0.827. The van der Waals surface area contributed by atoms with Crippen molar-refractivity contribution in [1.82, 2.24) is 4.98 Å². The van der Waals surface area contributed by atoms with Crippen molar-refractivity contribution in [3.63, 3.8) is 0 Å². The van der Waals surface area contributed by atoms with Gasteiger partial charge in [-0.15, -0.1) is 0 Å². The number of pyridine rings is 1. The summed E-state index contributed by atoms with van der Waals surface area (Å²) in [6.07, 6.45) is 0. The van der Waals surface area contributed by atoms with Gasteiger partial charge in [0.25, 0.3) is 0 Å². The van der Waals surface area contributed by atoms with E-state index in [2.05, 4.69) is 20.9 Å². The molecule has 0 amide bonds. The molecule has 0 saturated heterocycles. The molecule has 2 rings (SSSR count). The monoisotopic (exact) mass is 237 g/mol. The number of aliphatic hydroxyl groups is 1. The maximum absolute atomic E-state index is 8.89. The van der Waals surface area contributed by atoms with Crippen molar-refractivity contribution in [2.45, 2.75) is 6.61 Å². The van der Waals surface area contributed by atoms with Crippen LogP contribution in [0.15, 0.2) is 34.8 Å². The predicted octanol–water partition coefficient (Wildman–Crippen LogP) is 2.49. The second-order valence-electron chi connectivity index (χ2n) is 2.80. The van der Waals surface area contributed by atoms with Crippen molar-refractivity contribution >= 4 is 26.8 Å². The van der Waals surface area contributed by atoms with Crippen LogP contribution < -0.4 is 0 Å². The number of nitrogens with zero attached hydrogens (tertiary/aromatic N) is 1. The highest BCUT2D eigenvalue weighted by atomic mass is 79.9. The summed E-state index contributed by atoms with van der Waals surface area (Å²) >= 11 is 3.38. The van der Waals surface area contributed by atoms with Gasteiger partial charge in [-0.3, -0.25) is 4.98 Å². The second-order valence-corrected chi connectivity index (χ2v) is 3.71. The molecule has 1 aromatic heterocycles. The highest BCUT2D eigenvalue weighted by Gasteiger charge is 1.97. The van der Waals surface area contributed by atoms with E-state index in [0.717, 1.165) is 15.4 Å². The molecule has 66 valence electrons. The van der Waals surface area contributed by atoms with E-state index in [1.165, 1.54) is 0 Å². The zero-order valence-corrected chi connectivity index (χ0v) is 8.45. The van der Waals surface area contributed by atoms with Crippen LogP contribution in [-0.2, 0) is 6.61 Å². The molecular weight excluding hydrogens is 230 g/mol. The van der Waals surface area contributed by atoms with Crippen molar-refractivity contribution < 1.29 is 5.11 Å². The number of hydrogen-bond donors (Lipinski definition) is 1. The van der Waals surface area contributed by atoms with E-state index in [1.807, 2.05) is 30.3 Å². The molecular formula is C10H8BrNO. The molecule has 0 aliphatic carbocycles. The maximum atomic E-state index is 8.89. The predicted molar refractivity (Wildman–Crippen MR) is 55.4 cm³/mol. The lowest BCUT2D eigenvalue weighted by Gasteiger charge is -2.00. The molecule has 0 bridgehead atoms. The molecule has 2 nitrogen and oxygen atoms in total. The van der Waals surface area contributed by atoms with Crippen LogP contribution in [0, 0.1) is 0 Å². The SMILES string of the molecule is OCc1ccc2ccc(Br)cc2n1. The largest absolute Gasteiger partial charge is 0.390 e. The molecule has 0 saturated carbocycles. The first kappa shape index (κ1) is 8.66. The first-order chi connectivity index (χ1) is 6.29. The molecule has 1 heterocycles. The topological polar surface area (TPSA) is 33.1 Å². The molecule has 13 heavy (non-hydrogen) atoms. The number of aromatic nitrogens is 1. The van der Waals surface area contributed by atoms with Crippen molar-refractivity contribution in [1.29, 1.82) is 0 Å². The first-order valence-electron chi connectivity index (χ1n) is 3.95. The van der Waals surface area contributed by atoms with Gasteiger partial charge in [0, 0.05) is 9.86 Å². The minimum absolute atomic E-state index is 0.0115. The average molecular weight is 238 g/mol. The summed E-state index contributed by atoms with van der Waals surface area (Å²) in [4.78, 5) is 4.27. The Hall–Kier alpha value is -0.930. The zero-order valence-electron chi connectivity index (χ0n) is 6.87. The highest BCUT2D eigenvalue weighted by Crippen LogP contribution is 2.18. The molecule has 3 heteroatoms. The van der Waals surface area contributed by atoms with Crippen LogP contribution in [-0.4, -0.2) is 10.1 Å². The zero-order chi connectivity index (χ0) is 9.26. The summed E-state index contributed by atoms with van der Waals surface area (Å²) in [6, 6.07) is 9.70. The van der Waals surface area contributed by atoms with Gasteiger partial charge < -0.3 is 5.11 Å². The summed E-state index contributed by atoms with van der Waals surface area (Å²) < 4.78 is 1.00. The number of fused-ring (bicyclic) bond motifs is 1. The average Bonchev–Trinajstić information content (AvgIpc) is 2.16. The third kappa shape index (κ3) is 1.71. The van der Waals surface area contributed by atoms with Crippen LogP contribution in [0.5, 0.6) is 0 Å². The third-order valence-electron chi connectivity index (χ3n) is 1.87. The summed E-state index contributed by atoms with van der Waals surface area (Å²) in [6.45, 7) is -0.0115. The molecule has 0 fully saturated rings. The normalized spacial score (nSPS) is 10.6. The van der Waals surface area contributed by atoms with Crippen LogP contribution in [0.25, 0.3) is 10.9 Å². The Bertz CT molecular complexity index is 442. The van der Waals surface area contributed by atoms with Crippen molar-refractivity contribution in [2.75, 3.05) is 0 Å². The van der Waals surface area contributed by atoms with Crippen LogP contribution >= 0.6 is 15.9 Å². The molecule has 1 aromatic carbocycles. The van der Waals surface area contributed by atoms with Crippen LogP contribution in [0.4, 0.5) is 0 Å². The molecule has 0 atom stereocenters. The van der Waals surface area contributed by atoms with Gasteiger partial charge in [0.1, 0.15) is 0 Å². The standard InChI is InChI=1S/C10H8BrNO/c11-8-3-1-7-2-4-9(6-13)12-10(7)5-8/h1-5,13H,6H2. The van der Waals surface area contributed by atoms with Gasteiger partial charge in [-0.25, -0.2) is 0 Å². The van der Waals surface area contributed by atoms with E-state index in [0.29, 0.717) is 5.69 Å². The fourth-order valence-electron chi connectivity index (χ4n) is 1.22. The van der Waals surface area contributed by atoms with Crippen LogP contribution in [0.2, 0.25) is 0 Å². The van der Waals surface area contributed by atoms with E-state index >= 15 is 0 Å². The number of halogens is 1. The number of rotatable bonds is 1. The summed E-state index contributed by atoms with van der Waals surface area (Å²) in [5.41, 5.74) is 1.60. The molecule has 0 unspecified atom stereocenters. The number of hydrogen-bond acceptors (Lipinski definition) is 2. The van der Waals surface area contributed by atoms with Gasteiger partial charge in [0.2, 0.25) is 0 Å². The van der Waals surface area contributed by atoms with Gasteiger partial charge in [-0.2, -0.15) is 0 Å². The minimum atomic E-state index is -0.0115. The maximum Gasteiger partial charge on any atom is 0.0853 e. The Morgan fingerprint density at radius 3 is 2.77 bits per heavy atom. The Labute approximate surface area is 84.4 Å². The minimum Gasteiger partial charge on any atom is -0.390 e. The second kappa shape index (κ2) is 3.44. The van der Waals surface area contributed by atoms with Crippen LogP contribution in [0.3, 0.4) is 0 Å². The number of benzene rings is 1. The summed E-state index contributed by atoms with van der Waals surface area (Å²) in [5.74, 6) is 0. The molecule has 1 N–H and O–H groups in total. The number of aliphatic hydroxyl groups excluding tert-OH is 1. The third-order valence-corrected chi connectivity index (χ3v) is 2.37. The molecule has 0 radical (unpaired) electrons. The van der Waals surface area contributed by atoms with E-state index in [4.69, 9.17) is 5.11 Å². The van der Waals surface area contributed by atoms with E-state index in [-0.39, 0.29) is 6.61 Å². The van der Waals surface area contributed by atoms with Gasteiger partial charge in [0.05, 0.1) is 17.8 Å². The van der Waals surface area contributed by atoms with Crippen molar-refractivity contribution in [3.8, 4) is 0 Å². The lowest BCUT2D eigenvalue weighted by molar-refractivity contribution is 0.277. The smallest absolute Gasteiger partial charge is 0.0853 e. The van der Waals surface area contributed by atoms with Crippen molar-refractivity contribution in [3.05, 3.63) is 40.5 Å². The van der Waals surface area contributed by atoms with Crippen LogP contribution in [0.1, 0.15) is 5.69 Å². The lowest BCUT2D eigenvalue weighted by atomic mass is 10.2. The van der Waals surface area contributed by atoms with Gasteiger partial charge in [-0.05, 0) is 18.2 Å². The van der Waals surface area contributed by atoms with E-state index < -0.39 is 0 Å². The van der Waals surface area contributed by atoms with Gasteiger partial charge in [-0.1, -0.05) is 28.1 Å². The van der Waals surface area contributed by atoms with E-state index in [9.17, 15) is 0 Å². The van der Waals surface area contributed by atoms with Crippen molar-refractivity contribution in [2.24, 2.45) is 0 Å². The Morgan fingerprint density at radius 2 is 2.00 bits per heavy atom. The Balaban J connectivity index is 2.68. The molecule has 0 aliphatic rings. The van der Waals surface area contributed by atoms with Gasteiger partial charge in [0.15, 0.2) is 0 Å². The first-order valence-corrected chi connectivity index (χ1v) is 4.75. The fraction of sp³-hybridized carbons (Fsp3) is 0.100. The Kier molecular flexibility index (Phi) is 2.29. The summed E-state index contributed by atoms with van der Waals surface area (Å²) in [5, 5.41) is 9.98. The Morgan fingerprint density at radius 1 is 1.23 bits per heavy atom.